The summed E-state index contributed by atoms with van der Waals surface area (Å²) in [6.07, 6.45) is 2.49. The van der Waals surface area contributed by atoms with Gasteiger partial charge in [-0.25, -0.2) is 4.98 Å². The van der Waals surface area contributed by atoms with Crippen molar-refractivity contribution in [2.24, 2.45) is 0 Å². The SMILES string of the molecule is C[NH+]1CCN(C(=O)Cc2csc3nc(-c4ccccc4)cn23)CC1. The molecule has 0 radical (unpaired) electrons. The van der Waals surface area contributed by atoms with Crippen LogP contribution in [0.2, 0.25) is 0 Å². The molecule has 0 atom stereocenters. The molecule has 124 valence electrons. The van der Waals surface area contributed by atoms with E-state index in [1.165, 1.54) is 4.90 Å². The molecule has 2 aromatic heterocycles. The number of quaternary nitrogens is 1. The molecule has 1 N–H and O–H groups in total. The maximum atomic E-state index is 12.6. The van der Waals surface area contributed by atoms with E-state index in [-0.39, 0.29) is 5.91 Å². The van der Waals surface area contributed by atoms with Crippen LogP contribution in [0.15, 0.2) is 41.9 Å². The number of likely N-dealkylation sites (N-methyl/N-ethyl adjacent to an activating group) is 1. The van der Waals surface area contributed by atoms with E-state index >= 15 is 0 Å². The van der Waals surface area contributed by atoms with Crippen LogP contribution in [0.1, 0.15) is 5.69 Å². The largest absolute Gasteiger partial charge is 0.334 e. The Morgan fingerprint density at radius 1 is 1.25 bits per heavy atom. The number of aromatic nitrogens is 2. The van der Waals surface area contributed by atoms with Crippen molar-refractivity contribution >= 4 is 22.2 Å². The van der Waals surface area contributed by atoms with Crippen molar-refractivity contribution in [3.05, 3.63) is 47.6 Å². The number of rotatable bonds is 3. The number of hydrogen-bond donors (Lipinski definition) is 1. The van der Waals surface area contributed by atoms with Gasteiger partial charge in [-0.2, -0.15) is 0 Å². The van der Waals surface area contributed by atoms with Crippen LogP contribution in [-0.2, 0) is 11.2 Å². The number of hydrogen-bond acceptors (Lipinski definition) is 3. The van der Waals surface area contributed by atoms with Gasteiger partial charge in [0.2, 0.25) is 5.91 Å². The monoisotopic (exact) mass is 341 g/mol. The summed E-state index contributed by atoms with van der Waals surface area (Å²) < 4.78 is 2.06. The molecule has 0 aliphatic carbocycles. The highest BCUT2D eigenvalue weighted by atomic mass is 32.1. The molecule has 1 aliphatic heterocycles. The number of fused-ring (bicyclic) bond motifs is 1. The Morgan fingerprint density at radius 2 is 2.00 bits per heavy atom. The Labute approximate surface area is 145 Å². The summed E-state index contributed by atoms with van der Waals surface area (Å²) in [5, 5.41) is 2.05. The molecule has 5 nitrogen and oxygen atoms in total. The number of benzene rings is 1. The molecular formula is C18H21N4OS+. The minimum absolute atomic E-state index is 0.220. The van der Waals surface area contributed by atoms with E-state index in [0.29, 0.717) is 6.42 Å². The van der Waals surface area contributed by atoms with Gasteiger partial charge in [-0.1, -0.05) is 30.3 Å². The number of nitrogens with one attached hydrogen (secondary N) is 1. The lowest BCUT2D eigenvalue weighted by molar-refractivity contribution is -0.883. The quantitative estimate of drug-likeness (QED) is 0.771. The van der Waals surface area contributed by atoms with Gasteiger partial charge in [0.15, 0.2) is 4.96 Å². The minimum atomic E-state index is 0.220. The van der Waals surface area contributed by atoms with Gasteiger partial charge in [0.1, 0.15) is 0 Å². The number of imidazole rings is 1. The number of piperazine rings is 1. The first-order valence-corrected chi connectivity index (χ1v) is 9.18. The first-order valence-electron chi connectivity index (χ1n) is 8.30. The Kier molecular flexibility index (Phi) is 4.08. The molecule has 3 heterocycles. The lowest BCUT2D eigenvalue weighted by Gasteiger charge is -2.30. The third-order valence-corrected chi connectivity index (χ3v) is 5.54. The smallest absolute Gasteiger partial charge is 0.228 e. The molecule has 0 bridgehead atoms. The number of thiazole rings is 1. The molecule has 1 fully saturated rings. The summed E-state index contributed by atoms with van der Waals surface area (Å²) in [5.74, 6) is 0.220. The Balaban J connectivity index is 1.54. The summed E-state index contributed by atoms with van der Waals surface area (Å²) in [4.78, 5) is 21.7. The lowest BCUT2D eigenvalue weighted by atomic mass is 10.2. The van der Waals surface area contributed by atoms with E-state index < -0.39 is 0 Å². The van der Waals surface area contributed by atoms with E-state index in [9.17, 15) is 4.79 Å². The normalized spacial score (nSPS) is 16.0. The molecule has 0 saturated carbocycles. The van der Waals surface area contributed by atoms with Crippen molar-refractivity contribution in [1.29, 1.82) is 0 Å². The first kappa shape index (κ1) is 15.4. The second-order valence-electron chi connectivity index (χ2n) is 6.39. The second-order valence-corrected chi connectivity index (χ2v) is 7.22. The molecular weight excluding hydrogens is 320 g/mol. The van der Waals surface area contributed by atoms with E-state index in [0.717, 1.165) is 48.1 Å². The number of amides is 1. The minimum Gasteiger partial charge on any atom is -0.334 e. The van der Waals surface area contributed by atoms with Gasteiger partial charge >= 0.3 is 0 Å². The fourth-order valence-electron chi connectivity index (χ4n) is 3.11. The van der Waals surface area contributed by atoms with Gasteiger partial charge in [-0.05, 0) is 0 Å². The van der Waals surface area contributed by atoms with Crippen LogP contribution in [-0.4, -0.2) is 53.4 Å². The van der Waals surface area contributed by atoms with Gasteiger partial charge in [0.05, 0.1) is 45.3 Å². The molecule has 1 saturated heterocycles. The van der Waals surface area contributed by atoms with E-state index in [1.54, 1.807) is 11.3 Å². The highest BCUT2D eigenvalue weighted by Gasteiger charge is 2.22. The average Bonchev–Trinajstić information content (AvgIpc) is 3.18. The maximum absolute atomic E-state index is 12.6. The van der Waals surface area contributed by atoms with Crippen LogP contribution < -0.4 is 4.90 Å². The molecule has 1 aliphatic rings. The predicted molar refractivity (Wildman–Crippen MR) is 95.4 cm³/mol. The average molecular weight is 341 g/mol. The van der Waals surface area contributed by atoms with Gasteiger partial charge in [-0.3, -0.25) is 9.20 Å². The fourth-order valence-corrected chi connectivity index (χ4v) is 3.98. The van der Waals surface area contributed by atoms with Gasteiger partial charge in [0.25, 0.3) is 0 Å². The van der Waals surface area contributed by atoms with Crippen LogP contribution in [0.3, 0.4) is 0 Å². The third-order valence-electron chi connectivity index (χ3n) is 4.65. The summed E-state index contributed by atoms with van der Waals surface area (Å²) in [5.41, 5.74) is 3.09. The number of carbonyl (C=O) groups excluding carboxylic acids is 1. The molecule has 0 spiro atoms. The molecule has 24 heavy (non-hydrogen) atoms. The van der Waals surface area contributed by atoms with Crippen LogP contribution in [0.4, 0.5) is 0 Å². The zero-order valence-corrected chi connectivity index (χ0v) is 14.6. The van der Waals surface area contributed by atoms with Crippen LogP contribution in [0.5, 0.6) is 0 Å². The van der Waals surface area contributed by atoms with Crippen LogP contribution in [0.25, 0.3) is 16.2 Å². The Bertz CT molecular complexity index is 846. The van der Waals surface area contributed by atoms with Gasteiger partial charge < -0.3 is 9.80 Å². The molecule has 1 aromatic carbocycles. The van der Waals surface area contributed by atoms with Crippen molar-refractivity contribution in [2.75, 3.05) is 33.2 Å². The highest BCUT2D eigenvalue weighted by molar-refractivity contribution is 7.15. The highest BCUT2D eigenvalue weighted by Crippen LogP contribution is 2.24. The van der Waals surface area contributed by atoms with Crippen molar-refractivity contribution in [3.63, 3.8) is 0 Å². The predicted octanol–water partition coefficient (Wildman–Crippen LogP) is 0.962. The topological polar surface area (TPSA) is 42.0 Å². The summed E-state index contributed by atoms with van der Waals surface area (Å²) >= 11 is 1.60. The van der Waals surface area contributed by atoms with Crippen molar-refractivity contribution in [2.45, 2.75) is 6.42 Å². The van der Waals surface area contributed by atoms with E-state index in [4.69, 9.17) is 0 Å². The van der Waals surface area contributed by atoms with Crippen LogP contribution in [0, 0.1) is 0 Å². The number of nitrogens with zero attached hydrogens (tertiary/aromatic N) is 3. The lowest BCUT2D eigenvalue weighted by Crippen LogP contribution is -3.12. The zero-order chi connectivity index (χ0) is 16.5. The molecule has 3 aromatic rings. The molecule has 1 amide bonds. The van der Waals surface area contributed by atoms with E-state index in [2.05, 4.69) is 33.9 Å². The van der Waals surface area contributed by atoms with Crippen molar-refractivity contribution < 1.29 is 9.69 Å². The zero-order valence-electron chi connectivity index (χ0n) is 13.7. The summed E-state index contributed by atoms with van der Waals surface area (Å²) in [6.45, 7) is 3.79. The van der Waals surface area contributed by atoms with Gasteiger partial charge in [-0.15, -0.1) is 11.3 Å². The first-order chi connectivity index (χ1) is 11.7. The second kappa shape index (κ2) is 6.37. The standard InChI is InChI=1S/C18H20N4OS/c1-20-7-9-21(10-8-20)17(23)11-15-13-24-18-19-16(12-22(15)18)14-5-3-2-4-6-14/h2-6,12-13H,7-11H2,1H3/p+1. The fraction of sp³-hybridized carbons (Fsp3) is 0.333. The Morgan fingerprint density at radius 3 is 2.75 bits per heavy atom. The van der Waals surface area contributed by atoms with Crippen LogP contribution >= 0.6 is 11.3 Å². The number of carbonyl (C=O) groups is 1. The van der Waals surface area contributed by atoms with E-state index in [1.807, 2.05) is 29.3 Å². The Hall–Kier alpha value is -2.18. The molecule has 6 heteroatoms. The summed E-state index contributed by atoms with van der Waals surface area (Å²) in [6, 6.07) is 10.2. The maximum Gasteiger partial charge on any atom is 0.228 e. The molecule has 0 unspecified atom stereocenters. The third kappa shape index (κ3) is 2.95. The van der Waals surface area contributed by atoms with Crippen molar-refractivity contribution in [3.8, 4) is 11.3 Å². The van der Waals surface area contributed by atoms with Crippen molar-refractivity contribution in [1.82, 2.24) is 14.3 Å². The summed E-state index contributed by atoms with van der Waals surface area (Å²) in [7, 11) is 2.18. The van der Waals surface area contributed by atoms with Gasteiger partial charge in [0, 0.05) is 22.8 Å². The molecule has 4 rings (SSSR count).